The Morgan fingerprint density at radius 2 is 0.746 bits per heavy atom. The standard InChI is InChI=1S/2C12H18.C11H16O.2C9H18O.C8H13F3.C8H15F3.3C8H18.C7H16O.C7H16.CH4/c2*1-4-12(10(2)3)11-8-6-5-7-9-11;1-9(2)11(8-12)10-6-4-3-5-7-10;1-8(2)9(3)4-6-10-7-5-9;1-8(2)7-9-3-5-10-6-4-9;1-6(2)5-7(3-4-7)8(9,10)11;1-6(2)5-7(3,4)8(9,10)11;1-7(2)6-8(3,4)5;1-6-8(4,5)7(2)3;1-5-8(6-2)7(3)4;1-6(2)5-7(3,4)8;1-6(2)7(3,4)5;/h2*5-10,12H,4H2,1-3H3;3-7,9,11-12H,8H2,1-2H3;8H,4-7H2,1-3H3;8-9H,3-7H2,1-2H3;6H,3-5H2,1-2H3;6H,5H2,1-4H3;2*7H,6H2,1-5H3;7-8H,5-6H2,1-4H3;6,8H,5H2,1-4H3;6H,1-5H3;1H4/t2*12-;;;;;;;;;;;/m10.........../s1. The molecule has 118 heavy (non-hydrogen) atoms. The van der Waals surface area contributed by atoms with Crippen LogP contribution in [0.3, 0.4) is 0 Å². The summed E-state index contributed by atoms with van der Waals surface area (Å²) >= 11 is 0. The van der Waals surface area contributed by atoms with E-state index in [1.165, 1.54) is 101 Å². The van der Waals surface area contributed by atoms with Gasteiger partial charge in [0, 0.05) is 32.3 Å². The summed E-state index contributed by atoms with van der Waals surface area (Å²) in [6.45, 7) is 94.7. The average molecular weight is 1680 g/mol. The lowest BCUT2D eigenvalue weighted by molar-refractivity contribution is -0.216. The van der Waals surface area contributed by atoms with Gasteiger partial charge in [-0.3, -0.25) is 0 Å². The highest BCUT2D eigenvalue weighted by molar-refractivity contribution is 5.21. The van der Waals surface area contributed by atoms with E-state index in [1.54, 1.807) is 13.8 Å². The number of alkyl halides is 6. The van der Waals surface area contributed by atoms with Crippen LogP contribution in [0.25, 0.3) is 0 Å². The Bertz CT molecular complexity index is 2480. The van der Waals surface area contributed by atoms with Crippen LogP contribution >= 0.6 is 0 Å². The summed E-state index contributed by atoms with van der Waals surface area (Å²) in [5.74, 6) is 11.5. The van der Waals surface area contributed by atoms with E-state index in [-0.39, 0.29) is 38.2 Å². The predicted molar refractivity (Wildman–Crippen MR) is 516 cm³/mol. The lowest BCUT2D eigenvalue weighted by Gasteiger charge is -2.37. The van der Waals surface area contributed by atoms with Crippen LogP contribution in [0.2, 0.25) is 0 Å². The largest absolute Gasteiger partial charge is 0.396 e. The number of rotatable bonds is 24. The molecule has 6 rings (SSSR count). The predicted octanol–water partition coefficient (Wildman–Crippen LogP) is 36.4. The summed E-state index contributed by atoms with van der Waals surface area (Å²) in [6, 6.07) is 31.8. The minimum absolute atomic E-state index is 0. The molecule has 1 unspecified atom stereocenters. The van der Waals surface area contributed by atoms with Crippen molar-refractivity contribution in [2.75, 3.05) is 33.0 Å². The lowest BCUT2D eigenvalue weighted by Crippen LogP contribution is -2.33. The number of hydrogen-bond acceptors (Lipinski definition) is 4. The summed E-state index contributed by atoms with van der Waals surface area (Å²) in [6.07, 6.45) is 8.25. The molecule has 3 fully saturated rings. The monoisotopic (exact) mass is 1680 g/mol. The van der Waals surface area contributed by atoms with Crippen LogP contribution in [0, 0.1) is 115 Å². The average Bonchev–Trinajstić information content (AvgIpc) is 1.61. The highest BCUT2D eigenvalue weighted by Crippen LogP contribution is 2.61. The van der Waals surface area contributed by atoms with Crippen LogP contribution in [-0.2, 0) is 9.47 Å². The Morgan fingerprint density at radius 3 is 0.890 bits per heavy atom. The minimum Gasteiger partial charge on any atom is -0.396 e. The molecule has 3 aromatic rings. The molecule has 10 heteroatoms. The van der Waals surface area contributed by atoms with Crippen molar-refractivity contribution in [3.8, 4) is 0 Å². The van der Waals surface area contributed by atoms with Gasteiger partial charge in [-0.15, -0.1) is 0 Å². The molecule has 3 aliphatic rings. The highest BCUT2D eigenvalue weighted by atomic mass is 19.4. The molecule has 0 amide bonds. The zero-order valence-electron chi connectivity index (χ0n) is 85.3. The maximum atomic E-state index is 12.3. The van der Waals surface area contributed by atoms with Gasteiger partial charge in [0.25, 0.3) is 0 Å². The number of hydrogen-bond donors (Lipinski definition) is 2. The molecule has 0 spiro atoms. The fraction of sp³-hybridized carbons (Fsp3) is 0.833. The van der Waals surface area contributed by atoms with Gasteiger partial charge in [0.05, 0.1) is 23.0 Å². The first-order valence-corrected chi connectivity index (χ1v) is 47.0. The SMILES string of the molecule is C.CC(C)C(C)(C)C.CC(C)C(CO)c1ccccc1.CC(C)C1(C)CCOCC1.CC(C)CC(C)(C)C.CC(C)CC(C)(C)C(F)(F)F.CC(C)CC(C)(C)O.CC(C)CC1(C(F)(F)F)CC1.CC(C)CC1CCOCC1.CCC(C)(C)C(C)C.CCC(CC)C(C)C.CC[C@@H](c1ccccc1)C(C)C.CC[C@H](c1ccccc1)C(C)C. The molecule has 1 aliphatic carbocycles. The van der Waals surface area contributed by atoms with Gasteiger partial charge in [-0.1, -0.05) is 395 Å². The van der Waals surface area contributed by atoms with E-state index in [0.717, 1.165) is 104 Å². The maximum absolute atomic E-state index is 12.3. The third-order valence-electron chi connectivity index (χ3n) is 24.4. The fourth-order valence-corrected chi connectivity index (χ4v) is 14.6. The first kappa shape index (κ1) is 128. The Kier molecular flexibility index (Phi) is 71.3. The van der Waals surface area contributed by atoms with Gasteiger partial charge in [0.15, 0.2) is 0 Å². The van der Waals surface area contributed by atoms with E-state index < -0.39 is 28.8 Å². The first-order chi connectivity index (χ1) is 53.2. The van der Waals surface area contributed by atoms with Gasteiger partial charge in [-0.2, -0.15) is 26.3 Å². The van der Waals surface area contributed by atoms with Gasteiger partial charge in [0.2, 0.25) is 0 Å². The van der Waals surface area contributed by atoms with Crippen molar-refractivity contribution >= 4 is 0 Å². The molecule has 2 heterocycles. The topological polar surface area (TPSA) is 58.9 Å². The summed E-state index contributed by atoms with van der Waals surface area (Å²) < 4.78 is 83.9. The van der Waals surface area contributed by atoms with E-state index in [9.17, 15) is 31.4 Å². The third kappa shape index (κ3) is 67.5. The van der Waals surface area contributed by atoms with Crippen molar-refractivity contribution in [1.82, 2.24) is 0 Å². The van der Waals surface area contributed by atoms with Crippen molar-refractivity contribution in [1.29, 1.82) is 0 Å². The molecule has 0 aromatic heterocycles. The molecule has 1 saturated carbocycles. The molecule has 3 atom stereocenters. The molecule has 2 N–H and O–H groups in total. The van der Waals surface area contributed by atoms with Crippen LogP contribution in [-0.4, -0.2) is 61.2 Å². The Labute approximate surface area is 734 Å². The van der Waals surface area contributed by atoms with Crippen LogP contribution in [0.1, 0.15) is 435 Å². The second-order valence-electron chi connectivity index (χ2n) is 43.7. The zero-order valence-corrected chi connectivity index (χ0v) is 85.3. The van der Waals surface area contributed by atoms with E-state index in [2.05, 4.69) is 308 Å². The molecule has 2 saturated heterocycles. The third-order valence-corrected chi connectivity index (χ3v) is 24.4. The maximum Gasteiger partial charge on any atom is 0.394 e. The number of aliphatic hydroxyl groups is 2. The summed E-state index contributed by atoms with van der Waals surface area (Å²) in [5, 5.41) is 18.3. The molecule has 704 valence electrons. The Balaban J connectivity index is -0.000000229. The molecule has 4 nitrogen and oxygen atoms in total. The summed E-state index contributed by atoms with van der Waals surface area (Å²) in [4.78, 5) is 0. The van der Waals surface area contributed by atoms with Crippen molar-refractivity contribution in [2.45, 2.75) is 437 Å². The van der Waals surface area contributed by atoms with E-state index in [0.29, 0.717) is 52.8 Å². The van der Waals surface area contributed by atoms with Crippen LogP contribution in [0.15, 0.2) is 91.0 Å². The van der Waals surface area contributed by atoms with Crippen molar-refractivity contribution < 1.29 is 46.0 Å². The van der Waals surface area contributed by atoms with Gasteiger partial charge < -0.3 is 19.7 Å². The molecule has 0 radical (unpaired) electrons. The molecule has 3 aromatic carbocycles. The summed E-state index contributed by atoms with van der Waals surface area (Å²) in [5.41, 5.74) is 3.00. The Morgan fingerprint density at radius 1 is 0.415 bits per heavy atom. The van der Waals surface area contributed by atoms with Crippen LogP contribution < -0.4 is 0 Å². The van der Waals surface area contributed by atoms with Crippen molar-refractivity contribution in [3.05, 3.63) is 108 Å². The number of ether oxygens (including phenoxy) is 2. The van der Waals surface area contributed by atoms with E-state index in [4.69, 9.17) is 14.6 Å². The second-order valence-corrected chi connectivity index (χ2v) is 43.7. The normalized spacial score (nSPS) is 15.6. The van der Waals surface area contributed by atoms with Crippen LogP contribution in [0.5, 0.6) is 0 Å². The minimum atomic E-state index is -4.07. The Hall–Kier alpha value is -2.92. The van der Waals surface area contributed by atoms with Crippen molar-refractivity contribution in [2.24, 2.45) is 115 Å². The van der Waals surface area contributed by atoms with Crippen LogP contribution in [0.4, 0.5) is 26.3 Å². The van der Waals surface area contributed by atoms with Gasteiger partial charge in [0.1, 0.15) is 0 Å². The van der Waals surface area contributed by atoms with Gasteiger partial charge >= 0.3 is 12.4 Å². The lowest BCUT2D eigenvalue weighted by atomic mass is 9.73. The number of aliphatic hydroxyl groups excluding tert-OH is 1. The second kappa shape index (κ2) is 65.6. The quantitative estimate of drug-likeness (QED) is 0.0878. The fourth-order valence-electron chi connectivity index (χ4n) is 14.6. The smallest absolute Gasteiger partial charge is 0.394 e. The van der Waals surface area contributed by atoms with E-state index >= 15 is 0 Å². The van der Waals surface area contributed by atoms with Gasteiger partial charge in [-0.05, 0) is 230 Å². The number of halogens is 6. The zero-order chi connectivity index (χ0) is 92.9. The van der Waals surface area contributed by atoms with Crippen molar-refractivity contribution in [3.63, 3.8) is 0 Å². The molecular formula is C108H206F6O4. The molecule has 2 aliphatic heterocycles. The number of benzene rings is 3. The summed E-state index contributed by atoms with van der Waals surface area (Å²) in [7, 11) is 0. The van der Waals surface area contributed by atoms with Gasteiger partial charge in [-0.25, -0.2) is 0 Å². The first-order valence-electron chi connectivity index (χ1n) is 47.0. The molecule has 0 bridgehead atoms. The van der Waals surface area contributed by atoms with E-state index in [1.807, 2.05) is 45.9 Å². The molecular weight excluding hydrogens is 1480 g/mol. The highest BCUT2D eigenvalue weighted by Gasteiger charge is 2.62.